The largest absolute Gasteiger partial charge is 0.416 e. The van der Waals surface area contributed by atoms with Gasteiger partial charge in [-0.1, -0.05) is 12.1 Å². The molecule has 19 heavy (non-hydrogen) atoms. The molecule has 1 heterocycles. The standard InChI is InChI=1S/C14H15F3N2/c15-14(16,17)12-5-3-11(4-6-12)10-19-9-1-2-13(19)7-8-18/h1-6,9H,7-8,10,18H2. The van der Waals surface area contributed by atoms with Crippen LogP contribution in [0.4, 0.5) is 13.2 Å². The number of alkyl halides is 3. The van der Waals surface area contributed by atoms with Crippen molar-refractivity contribution in [1.82, 2.24) is 4.57 Å². The predicted molar refractivity (Wildman–Crippen MR) is 67.7 cm³/mol. The van der Waals surface area contributed by atoms with Gasteiger partial charge in [0.05, 0.1) is 5.56 Å². The summed E-state index contributed by atoms with van der Waals surface area (Å²) < 4.78 is 39.3. The second-order valence-electron chi connectivity index (χ2n) is 4.36. The molecule has 2 nitrogen and oxygen atoms in total. The summed E-state index contributed by atoms with van der Waals surface area (Å²) in [5, 5.41) is 0. The van der Waals surface area contributed by atoms with E-state index < -0.39 is 11.7 Å². The maximum atomic E-state index is 12.4. The number of nitrogens with two attached hydrogens (primary N) is 1. The average Bonchev–Trinajstić information content (AvgIpc) is 2.77. The fraction of sp³-hybridized carbons (Fsp3) is 0.286. The average molecular weight is 268 g/mol. The number of nitrogens with zero attached hydrogens (tertiary/aromatic N) is 1. The summed E-state index contributed by atoms with van der Waals surface area (Å²) in [5.74, 6) is 0. The molecular formula is C14H15F3N2. The molecule has 0 aliphatic rings. The minimum Gasteiger partial charge on any atom is -0.347 e. The van der Waals surface area contributed by atoms with Gasteiger partial charge in [0, 0.05) is 18.4 Å². The van der Waals surface area contributed by atoms with Crippen molar-refractivity contribution in [3.05, 3.63) is 59.4 Å². The maximum Gasteiger partial charge on any atom is 0.416 e. The lowest BCUT2D eigenvalue weighted by molar-refractivity contribution is -0.137. The van der Waals surface area contributed by atoms with Gasteiger partial charge in [-0.3, -0.25) is 0 Å². The minimum atomic E-state index is -4.28. The van der Waals surface area contributed by atoms with Crippen molar-refractivity contribution in [2.45, 2.75) is 19.1 Å². The first-order chi connectivity index (χ1) is 9.00. The summed E-state index contributed by atoms with van der Waals surface area (Å²) in [7, 11) is 0. The Bertz CT molecular complexity index is 526. The molecule has 0 fully saturated rings. The summed E-state index contributed by atoms with van der Waals surface area (Å²) >= 11 is 0. The summed E-state index contributed by atoms with van der Waals surface area (Å²) in [6.45, 7) is 1.11. The van der Waals surface area contributed by atoms with Gasteiger partial charge < -0.3 is 10.3 Å². The molecule has 0 unspecified atom stereocenters. The molecule has 0 amide bonds. The first-order valence-electron chi connectivity index (χ1n) is 6.01. The third kappa shape index (κ3) is 3.38. The molecule has 0 bridgehead atoms. The van der Waals surface area contributed by atoms with Crippen molar-refractivity contribution < 1.29 is 13.2 Å². The maximum absolute atomic E-state index is 12.4. The highest BCUT2D eigenvalue weighted by Crippen LogP contribution is 2.29. The van der Waals surface area contributed by atoms with E-state index in [1.54, 1.807) is 0 Å². The normalized spacial score (nSPS) is 11.8. The quantitative estimate of drug-likeness (QED) is 0.907. The molecule has 0 saturated heterocycles. The molecule has 2 N–H and O–H groups in total. The monoisotopic (exact) mass is 268 g/mol. The van der Waals surface area contributed by atoms with Gasteiger partial charge in [0.1, 0.15) is 0 Å². The molecule has 1 aromatic carbocycles. The molecule has 2 rings (SSSR count). The van der Waals surface area contributed by atoms with E-state index in [9.17, 15) is 13.2 Å². The van der Waals surface area contributed by atoms with Crippen molar-refractivity contribution in [1.29, 1.82) is 0 Å². The Kier molecular flexibility index (Phi) is 3.95. The first kappa shape index (κ1) is 13.7. The van der Waals surface area contributed by atoms with E-state index >= 15 is 0 Å². The van der Waals surface area contributed by atoms with Crippen LogP contribution in [0.2, 0.25) is 0 Å². The Morgan fingerprint density at radius 1 is 1.05 bits per heavy atom. The van der Waals surface area contributed by atoms with Crippen LogP contribution >= 0.6 is 0 Å². The Balaban J connectivity index is 2.13. The van der Waals surface area contributed by atoms with Crippen LogP contribution in [0.5, 0.6) is 0 Å². The smallest absolute Gasteiger partial charge is 0.347 e. The van der Waals surface area contributed by atoms with Gasteiger partial charge in [0.2, 0.25) is 0 Å². The predicted octanol–water partition coefficient (Wildman–Crippen LogP) is 3.06. The highest BCUT2D eigenvalue weighted by atomic mass is 19.4. The highest BCUT2D eigenvalue weighted by molar-refractivity contribution is 5.25. The number of hydrogen-bond acceptors (Lipinski definition) is 1. The van der Waals surface area contributed by atoms with E-state index in [2.05, 4.69) is 0 Å². The molecule has 0 saturated carbocycles. The molecule has 102 valence electrons. The summed E-state index contributed by atoms with van der Waals surface area (Å²) in [6.07, 6.45) is -1.62. The number of aromatic nitrogens is 1. The summed E-state index contributed by atoms with van der Waals surface area (Å²) in [6, 6.07) is 9.12. The fourth-order valence-electron chi connectivity index (χ4n) is 1.97. The zero-order valence-corrected chi connectivity index (χ0v) is 10.3. The summed E-state index contributed by atoms with van der Waals surface area (Å²) in [4.78, 5) is 0. The van der Waals surface area contributed by atoms with E-state index in [0.29, 0.717) is 13.1 Å². The Labute approximate surface area is 109 Å². The topological polar surface area (TPSA) is 30.9 Å². The lowest BCUT2D eigenvalue weighted by Crippen LogP contribution is -2.09. The first-order valence-corrected chi connectivity index (χ1v) is 6.01. The molecule has 2 aromatic rings. The Morgan fingerprint density at radius 2 is 1.74 bits per heavy atom. The van der Waals surface area contributed by atoms with Crippen LogP contribution in [0, 0.1) is 0 Å². The Hall–Kier alpha value is -1.75. The molecular weight excluding hydrogens is 253 g/mol. The SMILES string of the molecule is NCCc1cccn1Cc1ccc(C(F)(F)F)cc1. The van der Waals surface area contributed by atoms with Crippen molar-refractivity contribution in [2.75, 3.05) is 6.54 Å². The van der Waals surface area contributed by atoms with Gasteiger partial charge in [-0.25, -0.2) is 0 Å². The molecule has 0 spiro atoms. The number of hydrogen-bond donors (Lipinski definition) is 1. The summed E-state index contributed by atoms with van der Waals surface area (Å²) in [5.41, 5.74) is 6.81. The van der Waals surface area contributed by atoms with Crippen LogP contribution in [0.3, 0.4) is 0 Å². The van der Waals surface area contributed by atoms with Crippen molar-refractivity contribution >= 4 is 0 Å². The molecule has 0 radical (unpaired) electrons. The van der Waals surface area contributed by atoms with Gasteiger partial charge >= 0.3 is 6.18 Å². The van der Waals surface area contributed by atoms with Crippen LogP contribution < -0.4 is 5.73 Å². The van der Waals surface area contributed by atoms with Crippen LogP contribution in [-0.4, -0.2) is 11.1 Å². The second kappa shape index (κ2) is 5.48. The molecule has 1 aromatic heterocycles. The van der Waals surface area contributed by atoms with Crippen LogP contribution in [0.1, 0.15) is 16.8 Å². The molecule has 0 aliphatic carbocycles. The molecule has 0 aliphatic heterocycles. The van der Waals surface area contributed by atoms with Gasteiger partial charge in [0.25, 0.3) is 0 Å². The van der Waals surface area contributed by atoms with Crippen LogP contribution in [0.15, 0.2) is 42.6 Å². The molecule has 0 atom stereocenters. The number of benzene rings is 1. The number of halogens is 3. The van der Waals surface area contributed by atoms with E-state index in [1.165, 1.54) is 12.1 Å². The lowest BCUT2D eigenvalue weighted by Gasteiger charge is -2.10. The Morgan fingerprint density at radius 3 is 2.32 bits per heavy atom. The van der Waals surface area contributed by atoms with E-state index in [-0.39, 0.29) is 0 Å². The van der Waals surface area contributed by atoms with Crippen LogP contribution in [-0.2, 0) is 19.1 Å². The van der Waals surface area contributed by atoms with Gasteiger partial charge in [-0.15, -0.1) is 0 Å². The van der Waals surface area contributed by atoms with E-state index in [0.717, 1.165) is 29.8 Å². The second-order valence-corrected chi connectivity index (χ2v) is 4.36. The van der Waals surface area contributed by atoms with E-state index in [4.69, 9.17) is 5.73 Å². The zero-order chi connectivity index (χ0) is 13.9. The third-order valence-electron chi connectivity index (χ3n) is 2.96. The highest BCUT2D eigenvalue weighted by Gasteiger charge is 2.29. The van der Waals surface area contributed by atoms with E-state index in [1.807, 2.05) is 22.9 Å². The van der Waals surface area contributed by atoms with Crippen molar-refractivity contribution in [3.63, 3.8) is 0 Å². The van der Waals surface area contributed by atoms with Gasteiger partial charge in [-0.2, -0.15) is 13.2 Å². The third-order valence-corrected chi connectivity index (χ3v) is 2.96. The van der Waals surface area contributed by atoms with Gasteiger partial charge in [-0.05, 0) is 42.8 Å². The van der Waals surface area contributed by atoms with Gasteiger partial charge in [0.15, 0.2) is 0 Å². The number of rotatable bonds is 4. The van der Waals surface area contributed by atoms with Crippen molar-refractivity contribution in [2.24, 2.45) is 5.73 Å². The lowest BCUT2D eigenvalue weighted by atomic mass is 10.1. The zero-order valence-electron chi connectivity index (χ0n) is 10.3. The van der Waals surface area contributed by atoms with Crippen molar-refractivity contribution in [3.8, 4) is 0 Å². The molecule has 5 heteroatoms. The fourth-order valence-corrected chi connectivity index (χ4v) is 1.97. The van der Waals surface area contributed by atoms with Crippen LogP contribution in [0.25, 0.3) is 0 Å². The minimum absolute atomic E-state index is 0.553.